The zero-order chi connectivity index (χ0) is 15.1. The molecule has 0 aliphatic carbocycles. The summed E-state index contributed by atoms with van der Waals surface area (Å²) < 4.78 is 10.6. The molecule has 21 heavy (non-hydrogen) atoms. The molecule has 0 aliphatic heterocycles. The van der Waals surface area contributed by atoms with Gasteiger partial charge >= 0.3 is 5.97 Å². The number of rotatable bonds is 6. The molecule has 0 saturated carbocycles. The van der Waals surface area contributed by atoms with E-state index in [4.69, 9.17) is 21.1 Å². The molecule has 0 aliphatic rings. The molecule has 0 aromatic heterocycles. The average molecular weight is 303 g/mol. The van der Waals surface area contributed by atoms with Gasteiger partial charge in [0.1, 0.15) is 11.5 Å². The van der Waals surface area contributed by atoms with Gasteiger partial charge in [-0.3, -0.25) is 0 Å². The third kappa shape index (κ3) is 4.65. The van der Waals surface area contributed by atoms with Crippen molar-refractivity contribution >= 4 is 17.6 Å². The molecule has 3 nitrogen and oxygen atoms in total. The molecule has 0 radical (unpaired) electrons. The largest absolute Gasteiger partial charge is 0.482 e. The fourth-order valence-corrected chi connectivity index (χ4v) is 1.98. The third-order valence-electron chi connectivity index (χ3n) is 2.71. The molecule has 0 atom stereocenters. The molecule has 0 unspecified atom stereocenters. The zero-order valence-corrected chi connectivity index (χ0v) is 12.2. The fourth-order valence-electron chi connectivity index (χ4n) is 1.80. The maximum atomic E-state index is 11.8. The number of allylic oxidation sites excluding steroid dienone is 1. The summed E-state index contributed by atoms with van der Waals surface area (Å²) in [4.78, 5) is 11.8. The van der Waals surface area contributed by atoms with Gasteiger partial charge in [0.25, 0.3) is 0 Å². The van der Waals surface area contributed by atoms with E-state index >= 15 is 0 Å². The minimum absolute atomic E-state index is 0.166. The Morgan fingerprint density at radius 1 is 1.19 bits per heavy atom. The van der Waals surface area contributed by atoms with Crippen molar-refractivity contribution in [2.75, 3.05) is 6.61 Å². The summed E-state index contributed by atoms with van der Waals surface area (Å²) in [6.45, 7) is 3.53. The third-order valence-corrected chi connectivity index (χ3v) is 2.95. The van der Waals surface area contributed by atoms with Crippen LogP contribution in [-0.2, 0) is 11.2 Å². The number of esters is 1. The molecule has 0 spiro atoms. The Labute approximate surface area is 128 Å². The highest BCUT2D eigenvalue weighted by atomic mass is 35.5. The van der Waals surface area contributed by atoms with E-state index in [9.17, 15) is 4.79 Å². The lowest BCUT2D eigenvalue weighted by molar-refractivity contribution is -0.136. The predicted octanol–water partition coefficient (Wildman–Crippen LogP) is 4.05. The summed E-state index contributed by atoms with van der Waals surface area (Å²) in [6.07, 6.45) is 2.46. The van der Waals surface area contributed by atoms with Gasteiger partial charge < -0.3 is 9.47 Å². The van der Waals surface area contributed by atoms with Crippen LogP contribution < -0.4 is 9.47 Å². The summed E-state index contributed by atoms with van der Waals surface area (Å²) >= 11 is 5.82. The maximum Gasteiger partial charge on any atom is 0.349 e. The highest BCUT2D eigenvalue weighted by Gasteiger charge is 2.08. The number of ether oxygens (including phenoxy) is 2. The molecule has 0 N–H and O–H groups in total. The van der Waals surface area contributed by atoms with Crippen molar-refractivity contribution in [1.29, 1.82) is 0 Å². The van der Waals surface area contributed by atoms with Crippen LogP contribution in [0.1, 0.15) is 5.56 Å². The number of hydrogen-bond acceptors (Lipinski definition) is 3. The second-order valence-electron chi connectivity index (χ2n) is 4.32. The van der Waals surface area contributed by atoms with Crippen LogP contribution >= 0.6 is 11.6 Å². The number of halogens is 1. The van der Waals surface area contributed by atoms with Crippen molar-refractivity contribution in [2.45, 2.75) is 6.42 Å². The molecule has 0 bridgehead atoms. The van der Waals surface area contributed by atoms with Crippen molar-refractivity contribution in [3.63, 3.8) is 0 Å². The molecule has 4 heteroatoms. The average Bonchev–Trinajstić information content (AvgIpc) is 2.47. The Hall–Kier alpha value is -2.26. The standard InChI is InChI=1S/C17H15ClO3/c1-2-6-13-7-3-4-10-16(13)20-12-17(19)21-15-9-5-8-14(18)11-15/h2-5,7-11H,1,6,12H2. The van der Waals surface area contributed by atoms with Gasteiger partial charge in [-0.15, -0.1) is 6.58 Å². The number of benzene rings is 2. The lowest BCUT2D eigenvalue weighted by Crippen LogP contribution is -2.18. The SMILES string of the molecule is C=CCc1ccccc1OCC(=O)Oc1cccc(Cl)c1. The van der Waals surface area contributed by atoms with E-state index in [0.717, 1.165) is 5.56 Å². The van der Waals surface area contributed by atoms with E-state index in [1.165, 1.54) is 0 Å². The van der Waals surface area contributed by atoms with Crippen LogP contribution in [0.3, 0.4) is 0 Å². The van der Waals surface area contributed by atoms with E-state index < -0.39 is 5.97 Å². The first-order valence-corrected chi connectivity index (χ1v) is 6.84. The van der Waals surface area contributed by atoms with E-state index in [0.29, 0.717) is 22.9 Å². The molecule has 2 aromatic rings. The van der Waals surface area contributed by atoms with Crippen molar-refractivity contribution in [3.05, 3.63) is 71.8 Å². The minimum Gasteiger partial charge on any atom is -0.482 e. The highest BCUT2D eigenvalue weighted by Crippen LogP contribution is 2.20. The molecule has 2 aromatic carbocycles. The van der Waals surface area contributed by atoms with Crippen molar-refractivity contribution in [3.8, 4) is 11.5 Å². The topological polar surface area (TPSA) is 35.5 Å². The van der Waals surface area contributed by atoms with Crippen LogP contribution in [0.15, 0.2) is 61.2 Å². The van der Waals surface area contributed by atoms with E-state index in [1.807, 2.05) is 24.3 Å². The van der Waals surface area contributed by atoms with Gasteiger partial charge in [0.05, 0.1) is 0 Å². The Kier molecular flexibility index (Phi) is 5.41. The first-order chi connectivity index (χ1) is 10.2. The molecule has 0 heterocycles. The Bertz CT molecular complexity index is 637. The Balaban J connectivity index is 1.94. The van der Waals surface area contributed by atoms with E-state index in [-0.39, 0.29) is 6.61 Å². The number of para-hydroxylation sites is 1. The van der Waals surface area contributed by atoms with E-state index in [1.54, 1.807) is 30.3 Å². The molecule has 0 fully saturated rings. The molecule has 108 valence electrons. The van der Waals surface area contributed by atoms with Crippen molar-refractivity contribution in [1.82, 2.24) is 0 Å². The normalized spacial score (nSPS) is 9.95. The van der Waals surface area contributed by atoms with Gasteiger partial charge in [0.2, 0.25) is 0 Å². The van der Waals surface area contributed by atoms with Crippen LogP contribution in [0.2, 0.25) is 5.02 Å². The number of hydrogen-bond donors (Lipinski definition) is 0. The smallest absolute Gasteiger partial charge is 0.349 e. The van der Waals surface area contributed by atoms with Gasteiger partial charge in [-0.2, -0.15) is 0 Å². The summed E-state index contributed by atoms with van der Waals surface area (Å²) in [5.41, 5.74) is 0.975. The highest BCUT2D eigenvalue weighted by molar-refractivity contribution is 6.30. The van der Waals surface area contributed by atoms with Gasteiger partial charge in [-0.25, -0.2) is 4.79 Å². The first kappa shape index (κ1) is 15.1. The molecular formula is C17H15ClO3. The summed E-state index contributed by atoms with van der Waals surface area (Å²) in [5, 5.41) is 0.512. The molecule has 0 saturated heterocycles. The summed E-state index contributed by atoms with van der Waals surface area (Å²) in [5.74, 6) is 0.571. The summed E-state index contributed by atoms with van der Waals surface area (Å²) in [7, 11) is 0. The lowest BCUT2D eigenvalue weighted by Gasteiger charge is -2.10. The monoisotopic (exact) mass is 302 g/mol. The Morgan fingerprint density at radius 2 is 2.00 bits per heavy atom. The lowest BCUT2D eigenvalue weighted by atomic mass is 10.1. The van der Waals surface area contributed by atoms with Crippen molar-refractivity contribution < 1.29 is 14.3 Å². The molecular weight excluding hydrogens is 288 g/mol. The van der Waals surface area contributed by atoms with Crippen LogP contribution in [0.5, 0.6) is 11.5 Å². The van der Waals surface area contributed by atoms with Crippen LogP contribution in [0, 0.1) is 0 Å². The van der Waals surface area contributed by atoms with Crippen LogP contribution in [-0.4, -0.2) is 12.6 Å². The fraction of sp³-hybridized carbons (Fsp3) is 0.118. The van der Waals surface area contributed by atoms with Gasteiger partial charge in [-0.05, 0) is 36.2 Å². The summed E-state index contributed by atoms with van der Waals surface area (Å²) in [6, 6.07) is 14.2. The maximum absolute atomic E-state index is 11.8. The van der Waals surface area contributed by atoms with Gasteiger partial charge in [0, 0.05) is 5.02 Å². The predicted molar refractivity (Wildman–Crippen MR) is 82.9 cm³/mol. The van der Waals surface area contributed by atoms with Crippen molar-refractivity contribution in [2.24, 2.45) is 0 Å². The molecule has 2 rings (SSSR count). The second kappa shape index (κ2) is 7.50. The van der Waals surface area contributed by atoms with Gasteiger partial charge in [0.15, 0.2) is 6.61 Å². The first-order valence-electron chi connectivity index (χ1n) is 6.47. The minimum atomic E-state index is -0.481. The van der Waals surface area contributed by atoms with Crippen LogP contribution in [0.4, 0.5) is 0 Å². The molecule has 0 amide bonds. The quantitative estimate of drug-likeness (QED) is 0.459. The number of carbonyl (C=O) groups is 1. The van der Waals surface area contributed by atoms with Gasteiger partial charge in [-0.1, -0.05) is 41.9 Å². The second-order valence-corrected chi connectivity index (χ2v) is 4.76. The zero-order valence-electron chi connectivity index (χ0n) is 11.4. The Morgan fingerprint density at radius 3 is 2.76 bits per heavy atom. The number of carbonyl (C=O) groups excluding carboxylic acids is 1. The van der Waals surface area contributed by atoms with Crippen LogP contribution in [0.25, 0.3) is 0 Å². The van der Waals surface area contributed by atoms with E-state index in [2.05, 4.69) is 6.58 Å².